The Labute approximate surface area is 117 Å². The minimum Gasteiger partial charge on any atom is -0.346 e. The van der Waals surface area contributed by atoms with Crippen molar-refractivity contribution < 1.29 is 0 Å². The zero-order valence-corrected chi connectivity index (χ0v) is 11.6. The van der Waals surface area contributed by atoms with Crippen LogP contribution in [0.5, 0.6) is 0 Å². The van der Waals surface area contributed by atoms with Crippen LogP contribution in [0.25, 0.3) is 10.6 Å². The van der Waals surface area contributed by atoms with E-state index in [9.17, 15) is 0 Å². The van der Waals surface area contributed by atoms with Gasteiger partial charge in [-0.05, 0) is 25.3 Å². The van der Waals surface area contributed by atoms with Gasteiger partial charge >= 0.3 is 0 Å². The van der Waals surface area contributed by atoms with Crippen LogP contribution >= 0.6 is 11.3 Å². The Morgan fingerprint density at radius 2 is 2.11 bits per heavy atom. The molecule has 1 saturated heterocycles. The number of nitrogens with two attached hydrogens (primary N) is 1. The largest absolute Gasteiger partial charge is 0.346 e. The van der Waals surface area contributed by atoms with E-state index in [2.05, 4.69) is 27.2 Å². The molecule has 2 heterocycles. The van der Waals surface area contributed by atoms with Crippen molar-refractivity contribution in [3.05, 3.63) is 30.3 Å². The maximum atomic E-state index is 5.78. The van der Waals surface area contributed by atoms with Gasteiger partial charge in [0, 0.05) is 18.7 Å². The zero-order valence-electron chi connectivity index (χ0n) is 10.8. The molecule has 2 aromatic rings. The average molecular weight is 274 g/mol. The third-order valence-corrected chi connectivity index (χ3v) is 4.59. The molecule has 0 aliphatic carbocycles. The lowest BCUT2D eigenvalue weighted by molar-refractivity contribution is 0.423. The van der Waals surface area contributed by atoms with Crippen LogP contribution < -0.4 is 10.6 Å². The molecule has 1 aliphatic rings. The second-order valence-corrected chi connectivity index (χ2v) is 5.90. The molecular formula is C14H18N4S. The van der Waals surface area contributed by atoms with Gasteiger partial charge in [0.2, 0.25) is 5.13 Å². The summed E-state index contributed by atoms with van der Waals surface area (Å²) in [6.45, 7) is 2.85. The van der Waals surface area contributed by atoms with Gasteiger partial charge in [-0.25, -0.2) is 0 Å². The van der Waals surface area contributed by atoms with Crippen molar-refractivity contribution in [3.8, 4) is 10.6 Å². The normalized spacial score (nSPS) is 19.6. The molecule has 1 aliphatic heterocycles. The van der Waals surface area contributed by atoms with Crippen LogP contribution in [-0.2, 0) is 0 Å². The Hall–Kier alpha value is -1.46. The summed E-state index contributed by atoms with van der Waals surface area (Å²) < 4.78 is 0. The maximum absolute atomic E-state index is 5.78. The Balaban J connectivity index is 1.78. The first-order valence-electron chi connectivity index (χ1n) is 6.71. The maximum Gasteiger partial charge on any atom is 0.208 e. The molecule has 1 atom stereocenters. The van der Waals surface area contributed by atoms with Gasteiger partial charge in [-0.15, -0.1) is 10.2 Å². The van der Waals surface area contributed by atoms with E-state index in [1.165, 1.54) is 12.8 Å². The van der Waals surface area contributed by atoms with Gasteiger partial charge in [-0.1, -0.05) is 41.7 Å². The van der Waals surface area contributed by atoms with Crippen molar-refractivity contribution >= 4 is 16.5 Å². The summed E-state index contributed by atoms with van der Waals surface area (Å²) in [6.07, 6.45) is 2.43. The minimum atomic E-state index is 0.595. The van der Waals surface area contributed by atoms with E-state index >= 15 is 0 Å². The standard InChI is InChI=1S/C14H18N4S/c15-9-11-5-4-8-18(10-11)14-17-16-13(19-14)12-6-2-1-3-7-12/h1-3,6-7,11H,4-5,8-10,15H2. The highest BCUT2D eigenvalue weighted by molar-refractivity contribution is 7.18. The van der Waals surface area contributed by atoms with Gasteiger partial charge in [0.05, 0.1) is 0 Å². The molecule has 0 bridgehead atoms. The highest BCUT2D eigenvalue weighted by Gasteiger charge is 2.21. The van der Waals surface area contributed by atoms with Gasteiger partial charge in [0.25, 0.3) is 0 Å². The van der Waals surface area contributed by atoms with Crippen LogP contribution in [0, 0.1) is 5.92 Å². The van der Waals surface area contributed by atoms with Gasteiger partial charge in [0.15, 0.2) is 0 Å². The molecule has 1 unspecified atom stereocenters. The van der Waals surface area contributed by atoms with Crippen LogP contribution in [-0.4, -0.2) is 29.8 Å². The second kappa shape index (κ2) is 5.67. The minimum absolute atomic E-state index is 0.595. The van der Waals surface area contributed by atoms with Crippen molar-refractivity contribution in [1.29, 1.82) is 0 Å². The van der Waals surface area contributed by atoms with Gasteiger partial charge in [-0.3, -0.25) is 0 Å². The number of nitrogens with zero attached hydrogens (tertiary/aromatic N) is 3. The Kier molecular flexibility index (Phi) is 3.75. The van der Waals surface area contributed by atoms with E-state index in [0.717, 1.165) is 35.3 Å². The van der Waals surface area contributed by atoms with Gasteiger partial charge in [-0.2, -0.15) is 0 Å². The van der Waals surface area contributed by atoms with E-state index in [4.69, 9.17) is 5.73 Å². The molecule has 4 nitrogen and oxygen atoms in total. The number of benzene rings is 1. The van der Waals surface area contributed by atoms with Gasteiger partial charge < -0.3 is 10.6 Å². The number of aromatic nitrogens is 2. The van der Waals surface area contributed by atoms with Gasteiger partial charge in [0.1, 0.15) is 5.01 Å². The summed E-state index contributed by atoms with van der Waals surface area (Å²) in [5, 5.41) is 10.7. The Morgan fingerprint density at radius 1 is 1.26 bits per heavy atom. The lowest BCUT2D eigenvalue weighted by Crippen LogP contribution is -2.38. The molecule has 3 rings (SSSR count). The molecule has 1 aromatic heterocycles. The number of hydrogen-bond acceptors (Lipinski definition) is 5. The van der Waals surface area contributed by atoms with Crippen molar-refractivity contribution in [2.75, 3.05) is 24.5 Å². The van der Waals surface area contributed by atoms with E-state index in [0.29, 0.717) is 5.92 Å². The lowest BCUT2D eigenvalue weighted by atomic mass is 9.99. The first kappa shape index (κ1) is 12.6. The molecular weight excluding hydrogens is 256 g/mol. The fraction of sp³-hybridized carbons (Fsp3) is 0.429. The summed E-state index contributed by atoms with van der Waals surface area (Å²) in [5.41, 5.74) is 6.92. The third kappa shape index (κ3) is 2.77. The first-order chi connectivity index (χ1) is 9.36. The molecule has 5 heteroatoms. The van der Waals surface area contributed by atoms with E-state index in [1.807, 2.05) is 18.2 Å². The fourth-order valence-electron chi connectivity index (χ4n) is 2.47. The van der Waals surface area contributed by atoms with Crippen LogP contribution in [0.3, 0.4) is 0 Å². The molecule has 0 amide bonds. The number of hydrogen-bond donors (Lipinski definition) is 1. The predicted octanol–water partition coefficient (Wildman–Crippen LogP) is 2.38. The molecule has 100 valence electrons. The van der Waals surface area contributed by atoms with Crippen molar-refractivity contribution in [1.82, 2.24) is 10.2 Å². The molecule has 1 fully saturated rings. The molecule has 1 aromatic carbocycles. The van der Waals surface area contributed by atoms with Crippen molar-refractivity contribution in [3.63, 3.8) is 0 Å². The first-order valence-corrected chi connectivity index (χ1v) is 7.52. The smallest absolute Gasteiger partial charge is 0.208 e. The zero-order chi connectivity index (χ0) is 13.1. The Morgan fingerprint density at radius 3 is 2.89 bits per heavy atom. The lowest BCUT2D eigenvalue weighted by Gasteiger charge is -2.31. The summed E-state index contributed by atoms with van der Waals surface area (Å²) >= 11 is 1.67. The van der Waals surface area contributed by atoms with E-state index < -0.39 is 0 Å². The molecule has 0 spiro atoms. The van der Waals surface area contributed by atoms with Crippen LogP contribution in [0.4, 0.5) is 5.13 Å². The topological polar surface area (TPSA) is 55.0 Å². The quantitative estimate of drug-likeness (QED) is 0.933. The van der Waals surface area contributed by atoms with Crippen LogP contribution in [0.1, 0.15) is 12.8 Å². The third-order valence-electron chi connectivity index (χ3n) is 3.56. The summed E-state index contributed by atoms with van der Waals surface area (Å²) in [6, 6.07) is 10.2. The van der Waals surface area contributed by atoms with Crippen LogP contribution in [0.2, 0.25) is 0 Å². The fourth-order valence-corrected chi connectivity index (χ4v) is 3.36. The van der Waals surface area contributed by atoms with E-state index in [-0.39, 0.29) is 0 Å². The predicted molar refractivity (Wildman–Crippen MR) is 79.3 cm³/mol. The van der Waals surface area contributed by atoms with Crippen molar-refractivity contribution in [2.45, 2.75) is 12.8 Å². The summed E-state index contributed by atoms with van der Waals surface area (Å²) in [4.78, 5) is 2.32. The average Bonchev–Trinajstić information content (AvgIpc) is 2.98. The van der Waals surface area contributed by atoms with Crippen molar-refractivity contribution in [2.24, 2.45) is 11.7 Å². The summed E-state index contributed by atoms with van der Waals surface area (Å²) in [5.74, 6) is 0.595. The molecule has 0 saturated carbocycles. The highest BCUT2D eigenvalue weighted by atomic mass is 32.1. The molecule has 0 radical (unpaired) electrons. The van der Waals surface area contributed by atoms with E-state index in [1.54, 1.807) is 11.3 Å². The molecule has 19 heavy (non-hydrogen) atoms. The Bertz CT molecular complexity index is 525. The molecule has 2 N–H and O–H groups in total. The monoisotopic (exact) mass is 274 g/mol. The number of anilines is 1. The van der Waals surface area contributed by atoms with Crippen LogP contribution in [0.15, 0.2) is 30.3 Å². The number of piperidine rings is 1. The SMILES string of the molecule is NCC1CCCN(c2nnc(-c3ccccc3)s2)C1. The number of rotatable bonds is 3. The second-order valence-electron chi connectivity index (χ2n) is 4.95. The summed E-state index contributed by atoms with van der Waals surface area (Å²) in [7, 11) is 0. The highest BCUT2D eigenvalue weighted by Crippen LogP contribution is 2.30.